The molecular formula is C15H7Cl2FO2. The Hall–Kier alpha value is -1.71. The summed E-state index contributed by atoms with van der Waals surface area (Å²) < 4.78 is 13.4. The Kier molecular flexibility index (Phi) is 3.11. The van der Waals surface area contributed by atoms with Crippen molar-refractivity contribution in [3.63, 3.8) is 0 Å². The van der Waals surface area contributed by atoms with Gasteiger partial charge in [-0.25, -0.2) is 4.39 Å². The molecule has 1 aliphatic rings. The van der Waals surface area contributed by atoms with Gasteiger partial charge in [0.25, 0.3) is 0 Å². The minimum atomic E-state index is -0.997. The molecule has 0 bridgehead atoms. The van der Waals surface area contributed by atoms with Gasteiger partial charge in [0.2, 0.25) is 0 Å². The number of hydrogen-bond donors (Lipinski definition) is 0. The van der Waals surface area contributed by atoms with E-state index in [2.05, 4.69) is 0 Å². The van der Waals surface area contributed by atoms with Crippen molar-refractivity contribution in [1.82, 2.24) is 0 Å². The molecule has 0 heterocycles. The smallest absolute Gasteiger partial charge is 0.178 e. The van der Waals surface area contributed by atoms with Crippen molar-refractivity contribution >= 4 is 34.8 Å². The van der Waals surface area contributed by atoms with E-state index in [1.165, 1.54) is 12.1 Å². The lowest BCUT2D eigenvalue weighted by molar-refractivity contribution is 0.0890. The average Bonchev–Trinajstić information content (AvgIpc) is 2.68. The van der Waals surface area contributed by atoms with Crippen LogP contribution in [0.1, 0.15) is 32.2 Å². The molecule has 0 radical (unpaired) electrons. The number of hydrogen-bond acceptors (Lipinski definition) is 2. The lowest BCUT2D eigenvalue weighted by Crippen LogP contribution is -2.13. The number of halogens is 3. The van der Waals surface area contributed by atoms with Crippen molar-refractivity contribution in [2.45, 2.75) is 5.92 Å². The van der Waals surface area contributed by atoms with Crippen molar-refractivity contribution in [3.8, 4) is 0 Å². The van der Waals surface area contributed by atoms with Crippen molar-refractivity contribution < 1.29 is 14.0 Å². The molecule has 0 saturated carbocycles. The first-order valence-electron chi connectivity index (χ1n) is 5.82. The Morgan fingerprint density at radius 2 is 1.35 bits per heavy atom. The van der Waals surface area contributed by atoms with Crippen LogP contribution in [0.25, 0.3) is 0 Å². The number of benzene rings is 2. The Balaban J connectivity index is 2.14. The summed E-state index contributed by atoms with van der Waals surface area (Å²) in [5.41, 5.74) is 1.06. The summed E-state index contributed by atoms with van der Waals surface area (Å²) >= 11 is 11.4. The van der Waals surface area contributed by atoms with Gasteiger partial charge in [-0.15, -0.1) is 0 Å². The molecule has 0 spiro atoms. The van der Waals surface area contributed by atoms with E-state index in [0.717, 1.165) is 0 Å². The molecule has 3 rings (SSSR count). The second kappa shape index (κ2) is 4.69. The molecule has 0 N–H and O–H groups in total. The van der Waals surface area contributed by atoms with Gasteiger partial charge in [-0.1, -0.05) is 47.5 Å². The van der Waals surface area contributed by atoms with Gasteiger partial charge in [0.15, 0.2) is 17.4 Å². The second-order valence-electron chi connectivity index (χ2n) is 4.51. The summed E-state index contributed by atoms with van der Waals surface area (Å²) in [4.78, 5) is 24.6. The Labute approximate surface area is 124 Å². The highest BCUT2D eigenvalue weighted by atomic mass is 35.5. The molecule has 1 aliphatic carbocycles. The third-order valence-electron chi connectivity index (χ3n) is 3.32. The number of carbonyl (C=O) groups excluding carboxylic acids is 2. The van der Waals surface area contributed by atoms with Crippen LogP contribution in [0, 0.1) is 5.82 Å². The molecular weight excluding hydrogens is 302 g/mol. The van der Waals surface area contributed by atoms with Crippen LogP contribution in [0.3, 0.4) is 0 Å². The predicted molar refractivity (Wildman–Crippen MR) is 74.3 cm³/mol. The monoisotopic (exact) mass is 308 g/mol. The van der Waals surface area contributed by atoms with Crippen LogP contribution >= 0.6 is 23.2 Å². The van der Waals surface area contributed by atoms with Crippen molar-refractivity contribution in [2.75, 3.05) is 0 Å². The summed E-state index contributed by atoms with van der Waals surface area (Å²) in [5.74, 6) is -2.39. The van der Waals surface area contributed by atoms with Gasteiger partial charge in [0.05, 0.1) is 10.0 Å². The Morgan fingerprint density at radius 3 is 1.80 bits per heavy atom. The van der Waals surface area contributed by atoms with Crippen molar-refractivity contribution in [3.05, 3.63) is 69.0 Å². The van der Waals surface area contributed by atoms with Crippen LogP contribution in [0.4, 0.5) is 4.39 Å². The maximum Gasteiger partial charge on any atom is 0.178 e. The molecule has 100 valence electrons. The number of fused-ring (bicyclic) bond motifs is 1. The van der Waals surface area contributed by atoms with Crippen LogP contribution in [0.2, 0.25) is 10.0 Å². The van der Waals surface area contributed by atoms with E-state index in [4.69, 9.17) is 23.2 Å². The van der Waals surface area contributed by atoms with E-state index >= 15 is 0 Å². The summed E-state index contributed by atoms with van der Waals surface area (Å²) in [6.07, 6.45) is 0. The topological polar surface area (TPSA) is 34.1 Å². The van der Waals surface area contributed by atoms with Gasteiger partial charge in [-0.05, 0) is 17.7 Å². The predicted octanol–water partition coefficient (Wildman–Crippen LogP) is 4.30. The molecule has 0 saturated heterocycles. The average molecular weight is 309 g/mol. The standard InChI is InChI=1S/C15H7Cl2FO2/c16-10-5-7(6-11(17)13(10)18)12-14(19)8-3-1-2-4-9(8)15(12)20/h1-6,12H. The molecule has 0 aromatic heterocycles. The van der Waals surface area contributed by atoms with Crippen LogP contribution in [0.15, 0.2) is 36.4 Å². The van der Waals surface area contributed by atoms with Gasteiger partial charge in [-0.2, -0.15) is 0 Å². The van der Waals surface area contributed by atoms with Gasteiger partial charge in [0, 0.05) is 11.1 Å². The maximum absolute atomic E-state index is 13.4. The van der Waals surface area contributed by atoms with Crippen molar-refractivity contribution in [2.24, 2.45) is 0 Å². The van der Waals surface area contributed by atoms with E-state index in [1.54, 1.807) is 24.3 Å². The molecule has 0 amide bonds. The van der Waals surface area contributed by atoms with Gasteiger partial charge >= 0.3 is 0 Å². The first kappa shape index (κ1) is 13.3. The third-order valence-corrected chi connectivity index (χ3v) is 3.87. The Bertz CT molecular complexity index is 697. The lowest BCUT2D eigenvalue weighted by Gasteiger charge is -2.09. The lowest BCUT2D eigenvalue weighted by atomic mass is 9.94. The molecule has 20 heavy (non-hydrogen) atoms. The maximum atomic E-state index is 13.4. The zero-order valence-electron chi connectivity index (χ0n) is 9.99. The van der Waals surface area contributed by atoms with Gasteiger partial charge in [-0.3, -0.25) is 9.59 Å². The fraction of sp³-hybridized carbons (Fsp3) is 0.0667. The molecule has 0 fully saturated rings. The minimum Gasteiger partial charge on any atom is -0.293 e. The molecule has 2 aromatic carbocycles. The fourth-order valence-electron chi connectivity index (χ4n) is 2.39. The SMILES string of the molecule is O=C1c2ccccc2C(=O)C1c1cc(Cl)c(F)c(Cl)c1. The summed E-state index contributed by atoms with van der Waals surface area (Å²) in [7, 11) is 0. The molecule has 2 aromatic rings. The number of carbonyl (C=O) groups is 2. The zero-order valence-corrected chi connectivity index (χ0v) is 11.5. The van der Waals surface area contributed by atoms with Gasteiger partial charge in [0.1, 0.15) is 5.92 Å². The normalized spacial score (nSPS) is 14.8. The molecule has 0 atom stereocenters. The minimum absolute atomic E-state index is 0.205. The van der Waals surface area contributed by atoms with E-state index in [9.17, 15) is 14.0 Å². The van der Waals surface area contributed by atoms with E-state index in [0.29, 0.717) is 16.7 Å². The molecule has 2 nitrogen and oxygen atoms in total. The summed E-state index contributed by atoms with van der Waals surface area (Å²) in [6.45, 7) is 0. The first-order valence-corrected chi connectivity index (χ1v) is 6.58. The largest absolute Gasteiger partial charge is 0.293 e. The number of rotatable bonds is 1. The van der Waals surface area contributed by atoms with Gasteiger partial charge < -0.3 is 0 Å². The fourth-order valence-corrected chi connectivity index (χ4v) is 2.89. The van der Waals surface area contributed by atoms with Crippen LogP contribution in [-0.2, 0) is 0 Å². The molecule has 0 aliphatic heterocycles. The zero-order chi connectivity index (χ0) is 14.4. The van der Waals surface area contributed by atoms with E-state index in [1.807, 2.05) is 0 Å². The highest BCUT2D eigenvalue weighted by Gasteiger charge is 2.39. The third kappa shape index (κ3) is 1.86. The number of ketones is 2. The van der Waals surface area contributed by atoms with Crippen LogP contribution in [0.5, 0.6) is 0 Å². The highest BCUT2D eigenvalue weighted by molar-refractivity contribution is 6.35. The Morgan fingerprint density at radius 1 is 0.900 bits per heavy atom. The quantitative estimate of drug-likeness (QED) is 0.581. The van der Waals surface area contributed by atoms with E-state index < -0.39 is 11.7 Å². The van der Waals surface area contributed by atoms with Crippen LogP contribution in [-0.4, -0.2) is 11.6 Å². The second-order valence-corrected chi connectivity index (χ2v) is 5.32. The molecule has 0 unspecified atom stereocenters. The van der Waals surface area contributed by atoms with Crippen LogP contribution < -0.4 is 0 Å². The highest BCUT2D eigenvalue weighted by Crippen LogP contribution is 2.36. The first-order chi connectivity index (χ1) is 9.50. The van der Waals surface area contributed by atoms with Crippen molar-refractivity contribution in [1.29, 1.82) is 0 Å². The summed E-state index contributed by atoms with van der Waals surface area (Å²) in [6, 6.07) is 9.13. The molecule has 5 heteroatoms. The summed E-state index contributed by atoms with van der Waals surface area (Å²) in [5, 5.41) is -0.409. The van der Waals surface area contributed by atoms with E-state index in [-0.39, 0.29) is 21.6 Å². The number of Topliss-reactive ketones (excluding diaryl/α,β-unsaturated/α-hetero) is 2.